The van der Waals surface area contributed by atoms with E-state index in [4.69, 9.17) is 8.37 Å². The van der Waals surface area contributed by atoms with Gasteiger partial charge in [0.2, 0.25) is 0 Å². The molecule has 0 saturated heterocycles. The molecule has 9 heteroatoms. The molecule has 0 radical (unpaired) electrons. The van der Waals surface area contributed by atoms with Gasteiger partial charge in [-0.1, -0.05) is 77.1 Å². The molecular weight excluding hydrogens is 516 g/mol. The smallest absolute Gasteiger partial charge is 0.339 e. The van der Waals surface area contributed by atoms with Gasteiger partial charge in [0.15, 0.2) is 11.5 Å². The van der Waals surface area contributed by atoms with Gasteiger partial charge in [-0.25, -0.2) is 0 Å². The van der Waals surface area contributed by atoms with Crippen molar-refractivity contribution in [2.75, 3.05) is 0 Å². The first-order chi connectivity index (χ1) is 17.1. The maximum Gasteiger partial charge on any atom is 0.339 e. The molecule has 1 aromatic heterocycles. The zero-order valence-corrected chi connectivity index (χ0v) is 23.4. The first-order valence-electron chi connectivity index (χ1n) is 12.3. The second-order valence-corrected chi connectivity index (χ2v) is 12.9. The van der Waals surface area contributed by atoms with E-state index in [1.807, 2.05) is 13.8 Å². The molecule has 3 aromatic rings. The lowest BCUT2D eigenvalue weighted by molar-refractivity contribution is 0.451. The lowest BCUT2D eigenvalue weighted by Gasteiger charge is -2.11. The fourth-order valence-electron chi connectivity index (χ4n) is 3.68. The van der Waals surface area contributed by atoms with Crippen LogP contribution in [0.25, 0.3) is 0 Å². The van der Waals surface area contributed by atoms with Gasteiger partial charge in [0.05, 0.1) is 0 Å². The highest BCUT2D eigenvalue weighted by Crippen LogP contribution is 2.36. The Morgan fingerprint density at radius 2 is 1.17 bits per heavy atom. The van der Waals surface area contributed by atoms with E-state index in [-0.39, 0.29) is 27.2 Å². The predicted molar refractivity (Wildman–Crippen MR) is 144 cm³/mol. The van der Waals surface area contributed by atoms with Gasteiger partial charge in [-0.05, 0) is 54.2 Å². The summed E-state index contributed by atoms with van der Waals surface area (Å²) < 4.78 is 61.7. The third-order valence-electron chi connectivity index (χ3n) is 5.86. The Balaban J connectivity index is 1.64. The van der Waals surface area contributed by atoms with Crippen molar-refractivity contribution in [1.29, 1.82) is 0 Å². The number of rotatable bonds is 14. The summed E-state index contributed by atoms with van der Waals surface area (Å²) in [5, 5.41) is 2.80. The van der Waals surface area contributed by atoms with Gasteiger partial charge in [0.25, 0.3) is 0 Å². The normalized spacial score (nSPS) is 12.1. The highest BCUT2D eigenvalue weighted by atomic mass is 32.2. The lowest BCUT2D eigenvalue weighted by Crippen LogP contribution is -2.13. The Kier molecular flexibility index (Phi) is 9.99. The van der Waals surface area contributed by atoms with Crippen LogP contribution in [0, 0.1) is 0 Å². The Morgan fingerprint density at radius 3 is 1.67 bits per heavy atom. The van der Waals surface area contributed by atoms with Crippen LogP contribution in [0.15, 0.2) is 69.1 Å². The van der Waals surface area contributed by atoms with E-state index in [1.165, 1.54) is 60.7 Å². The Hall–Kier alpha value is -2.36. The highest BCUT2D eigenvalue weighted by Gasteiger charge is 2.24. The second-order valence-electron chi connectivity index (χ2n) is 9.06. The number of benzene rings is 2. The third kappa shape index (κ3) is 7.82. The SMILES string of the molecule is CCCCCCCCc1ccc(S(=O)(=O)Oc2cscc2OS(=O)(=O)c2ccc(C(C)C)cc2)cc1. The topological polar surface area (TPSA) is 86.7 Å². The quantitative estimate of drug-likeness (QED) is 0.154. The van der Waals surface area contributed by atoms with Crippen LogP contribution in [0.4, 0.5) is 0 Å². The molecule has 0 amide bonds. The zero-order chi connectivity index (χ0) is 26.2. The highest BCUT2D eigenvalue weighted by molar-refractivity contribution is 7.87. The van der Waals surface area contributed by atoms with E-state index < -0.39 is 20.2 Å². The van der Waals surface area contributed by atoms with E-state index in [0.717, 1.165) is 41.7 Å². The molecule has 6 nitrogen and oxygen atoms in total. The molecule has 196 valence electrons. The van der Waals surface area contributed by atoms with Crippen LogP contribution in [0.5, 0.6) is 11.5 Å². The maximum absolute atomic E-state index is 12.8. The van der Waals surface area contributed by atoms with Crippen LogP contribution in [0.2, 0.25) is 0 Å². The van der Waals surface area contributed by atoms with Crippen LogP contribution in [-0.2, 0) is 26.7 Å². The van der Waals surface area contributed by atoms with Crippen LogP contribution in [0.1, 0.15) is 76.3 Å². The van der Waals surface area contributed by atoms with E-state index in [1.54, 1.807) is 24.3 Å². The molecule has 0 atom stereocenters. The van der Waals surface area contributed by atoms with Gasteiger partial charge in [0, 0.05) is 10.8 Å². The standard InChI is InChI=1S/C27H34O6S3/c1-4-5-6-7-8-9-10-22-11-15-24(16-12-22)35(28,29)32-26-19-34-20-27(26)33-36(30,31)25-17-13-23(14-18-25)21(2)3/h11-21H,4-10H2,1-3H3. The van der Waals surface area contributed by atoms with E-state index in [9.17, 15) is 16.8 Å². The van der Waals surface area contributed by atoms with Gasteiger partial charge in [0.1, 0.15) is 9.79 Å². The molecule has 0 aliphatic heterocycles. The Bertz CT molecular complexity index is 1310. The summed E-state index contributed by atoms with van der Waals surface area (Å²) >= 11 is 1.08. The van der Waals surface area contributed by atoms with Crippen LogP contribution >= 0.6 is 11.3 Å². The van der Waals surface area contributed by atoms with Gasteiger partial charge >= 0.3 is 20.2 Å². The van der Waals surface area contributed by atoms with Crippen molar-refractivity contribution >= 4 is 31.6 Å². The van der Waals surface area contributed by atoms with Crippen molar-refractivity contribution in [3.8, 4) is 11.5 Å². The van der Waals surface area contributed by atoms with Crippen molar-refractivity contribution in [2.45, 2.75) is 81.4 Å². The van der Waals surface area contributed by atoms with Crippen molar-refractivity contribution in [1.82, 2.24) is 0 Å². The molecule has 0 aliphatic carbocycles. The average molecular weight is 551 g/mol. The minimum atomic E-state index is -4.16. The van der Waals surface area contributed by atoms with Gasteiger partial charge in [-0.15, -0.1) is 11.3 Å². The van der Waals surface area contributed by atoms with Crippen molar-refractivity contribution < 1.29 is 25.2 Å². The molecule has 0 bridgehead atoms. The summed E-state index contributed by atoms with van der Waals surface area (Å²) in [6.45, 7) is 6.22. The fourth-order valence-corrected chi connectivity index (χ4v) is 6.31. The first kappa shape index (κ1) is 28.2. The number of hydrogen-bond donors (Lipinski definition) is 0. The molecule has 1 heterocycles. The number of aryl methyl sites for hydroxylation is 1. The molecule has 0 N–H and O–H groups in total. The minimum absolute atomic E-state index is 0.00141. The summed E-state index contributed by atoms with van der Waals surface area (Å²) in [6, 6.07) is 13.0. The summed E-state index contributed by atoms with van der Waals surface area (Å²) in [7, 11) is -8.32. The molecule has 0 saturated carbocycles. The minimum Gasteiger partial charge on any atom is -0.374 e. The summed E-state index contributed by atoms with van der Waals surface area (Å²) in [5.74, 6) is -0.0795. The molecule has 0 fully saturated rings. The van der Waals surface area contributed by atoms with E-state index in [0.29, 0.717) is 0 Å². The summed E-state index contributed by atoms with van der Waals surface area (Å²) in [6.07, 6.45) is 8.08. The van der Waals surface area contributed by atoms with E-state index in [2.05, 4.69) is 6.92 Å². The molecule has 0 spiro atoms. The second kappa shape index (κ2) is 12.7. The third-order valence-corrected chi connectivity index (χ3v) is 9.06. The molecular formula is C27H34O6S3. The summed E-state index contributed by atoms with van der Waals surface area (Å²) in [5.41, 5.74) is 2.07. The number of thiophene rings is 1. The van der Waals surface area contributed by atoms with E-state index >= 15 is 0 Å². The van der Waals surface area contributed by atoms with Crippen molar-refractivity contribution in [3.05, 3.63) is 70.4 Å². The number of unbranched alkanes of at least 4 members (excludes halogenated alkanes) is 5. The molecule has 36 heavy (non-hydrogen) atoms. The summed E-state index contributed by atoms with van der Waals surface area (Å²) in [4.78, 5) is -0.0219. The van der Waals surface area contributed by atoms with Gasteiger partial charge in [-0.2, -0.15) is 16.8 Å². The number of hydrogen-bond acceptors (Lipinski definition) is 7. The fraction of sp³-hybridized carbons (Fsp3) is 0.407. The monoisotopic (exact) mass is 550 g/mol. The molecule has 2 aromatic carbocycles. The average Bonchev–Trinajstić information content (AvgIpc) is 3.26. The Labute approximate surface area is 219 Å². The van der Waals surface area contributed by atoms with Crippen LogP contribution in [0.3, 0.4) is 0 Å². The van der Waals surface area contributed by atoms with Crippen molar-refractivity contribution in [2.24, 2.45) is 0 Å². The molecule has 0 aliphatic rings. The molecule has 0 unspecified atom stereocenters. The zero-order valence-electron chi connectivity index (χ0n) is 21.0. The maximum atomic E-state index is 12.8. The predicted octanol–water partition coefficient (Wildman–Crippen LogP) is 7.31. The largest absolute Gasteiger partial charge is 0.374 e. The van der Waals surface area contributed by atoms with Gasteiger partial charge in [-0.3, -0.25) is 0 Å². The Morgan fingerprint density at radius 1 is 0.694 bits per heavy atom. The van der Waals surface area contributed by atoms with Gasteiger partial charge < -0.3 is 8.37 Å². The van der Waals surface area contributed by atoms with Crippen LogP contribution in [-0.4, -0.2) is 16.8 Å². The lowest BCUT2D eigenvalue weighted by atomic mass is 10.0. The van der Waals surface area contributed by atoms with Crippen molar-refractivity contribution in [3.63, 3.8) is 0 Å². The van der Waals surface area contributed by atoms with Crippen LogP contribution < -0.4 is 8.37 Å². The molecule has 3 rings (SSSR count). The first-order valence-corrected chi connectivity index (χ1v) is 16.0.